The van der Waals surface area contributed by atoms with Crippen LogP contribution in [0.1, 0.15) is 17.3 Å². The fourth-order valence-corrected chi connectivity index (χ4v) is 2.59. The number of rotatable bonds is 7. The molecule has 0 unspecified atom stereocenters. The number of anilines is 1. The topological polar surface area (TPSA) is 105 Å². The van der Waals surface area contributed by atoms with Crippen LogP contribution in [-0.2, 0) is 14.3 Å². The molecule has 0 aliphatic carbocycles. The van der Waals surface area contributed by atoms with Crippen molar-refractivity contribution in [3.8, 4) is 5.75 Å². The first kappa shape index (κ1) is 19.4. The third-order valence-corrected chi connectivity index (χ3v) is 3.88. The highest BCUT2D eigenvalue weighted by Crippen LogP contribution is 2.30. The van der Waals surface area contributed by atoms with Crippen molar-refractivity contribution in [1.82, 2.24) is 4.90 Å². The lowest BCUT2D eigenvalue weighted by Gasteiger charge is -2.16. The van der Waals surface area contributed by atoms with Crippen molar-refractivity contribution >= 4 is 23.3 Å². The lowest BCUT2D eigenvalue weighted by molar-refractivity contribution is -0.136. The van der Waals surface area contributed by atoms with Crippen molar-refractivity contribution in [2.24, 2.45) is 0 Å². The molecule has 0 fully saturated rings. The van der Waals surface area contributed by atoms with E-state index in [4.69, 9.17) is 9.84 Å². The van der Waals surface area contributed by atoms with E-state index in [1.54, 1.807) is 0 Å². The van der Waals surface area contributed by atoms with E-state index in [9.17, 15) is 18.8 Å². The van der Waals surface area contributed by atoms with Gasteiger partial charge in [-0.05, 0) is 13.0 Å². The highest BCUT2D eigenvalue weighted by atomic mass is 19.1. The number of hydrogen-bond acceptors (Lipinski definition) is 7. The number of nitrogens with zero attached hydrogens (tertiary/aromatic N) is 1. The summed E-state index contributed by atoms with van der Waals surface area (Å²) >= 11 is 0. The molecule has 8 nitrogen and oxygen atoms in total. The second-order valence-electron chi connectivity index (χ2n) is 5.51. The maximum atomic E-state index is 14.1. The van der Waals surface area contributed by atoms with Gasteiger partial charge in [-0.15, -0.1) is 0 Å². The SMILES string of the molecule is COC(=O)C1=C(Nc2cc(F)c(OC)cc2C(C)=O)C(=O)N(CCO)C1. The molecule has 26 heavy (non-hydrogen) atoms. The van der Waals surface area contributed by atoms with E-state index >= 15 is 0 Å². The Labute approximate surface area is 149 Å². The predicted octanol–water partition coefficient (Wildman–Crippen LogP) is 0.710. The summed E-state index contributed by atoms with van der Waals surface area (Å²) in [4.78, 5) is 37.6. The van der Waals surface area contributed by atoms with Gasteiger partial charge in [0.25, 0.3) is 5.91 Å². The van der Waals surface area contributed by atoms with E-state index in [0.29, 0.717) is 0 Å². The van der Waals surface area contributed by atoms with Crippen LogP contribution in [0.2, 0.25) is 0 Å². The summed E-state index contributed by atoms with van der Waals surface area (Å²) < 4.78 is 23.6. The van der Waals surface area contributed by atoms with Crippen molar-refractivity contribution in [2.75, 3.05) is 39.2 Å². The number of carbonyl (C=O) groups is 3. The Kier molecular flexibility index (Phi) is 5.93. The minimum absolute atomic E-state index is 0.0149. The Morgan fingerprint density at radius 1 is 1.35 bits per heavy atom. The number of ether oxygens (including phenoxy) is 2. The van der Waals surface area contributed by atoms with E-state index in [-0.39, 0.29) is 53.8 Å². The van der Waals surface area contributed by atoms with E-state index in [1.807, 2.05) is 0 Å². The van der Waals surface area contributed by atoms with Crippen LogP contribution in [0.25, 0.3) is 0 Å². The summed E-state index contributed by atoms with van der Waals surface area (Å²) in [6.45, 7) is 0.939. The Bertz CT molecular complexity index is 790. The molecular formula is C17H19FN2O6. The summed E-state index contributed by atoms with van der Waals surface area (Å²) in [6, 6.07) is 2.22. The van der Waals surface area contributed by atoms with Gasteiger partial charge < -0.3 is 24.8 Å². The number of aliphatic hydroxyl groups excluding tert-OH is 1. The average molecular weight is 366 g/mol. The van der Waals surface area contributed by atoms with Gasteiger partial charge in [0, 0.05) is 18.2 Å². The van der Waals surface area contributed by atoms with Gasteiger partial charge in [-0.1, -0.05) is 0 Å². The van der Waals surface area contributed by atoms with Crippen LogP contribution in [0.4, 0.5) is 10.1 Å². The first-order chi connectivity index (χ1) is 12.3. The number of aliphatic hydroxyl groups is 1. The number of benzene rings is 1. The monoisotopic (exact) mass is 366 g/mol. The Morgan fingerprint density at radius 2 is 2.04 bits per heavy atom. The van der Waals surface area contributed by atoms with Crippen LogP contribution >= 0.6 is 0 Å². The minimum Gasteiger partial charge on any atom is -0.494 e. The number of amides is 1. The van der Waals surface area contributed by atoms with Gasteiger partial charge in [0.1, 0.15) is 5.70 Å². The summed E-state index contributed by atoms with van der Waals surface area (Å²) in [5.74, 6) is -2.55. The smallest absolute Gasteiger partial charge is 0.337 e. The van der Waals surface area contributed by atoms with Gasteiger partial charge in [0.2, 0.25) is 0 Å². The molecule has 140 valence electrons. The molecule has 1 amide bonds. The van der Waals surface area contributed by atoms with E-state index < -0.39 is 17.7 Å². The quantitative estimate of drug-likeness (QED) is 0.541. The average Bonchev–Trinajstić information content (AvgIpc) is 2.91. The number of esters is 1. The molecule has 0 radical (unpaired) electrons. The van der Waals surface area contributed by atoms with Crippen molar-refractivity contribution in [3.63, 3.8) is 0 Å². The Morgan fingerprint density at radius 3 is 2.58 bits per heavy atom. The molecule has 0 spiro atoms. The number of halogens is 1. The van der Waals surface area contributed by atoms with Crippen LogP contribution in [0.3, 0.4) is 0 Å². The fourth-order valence-electron chi connectivity index (χ4n) is 2.59. The van der Waals surface area contributed by atoms with Gasteiger partial charge in [-0.2, -0.15) is 0 Å². The first-order valence-electron chi connectivity index (χ1n) is 7.71. The third kappa shape index (κ3) is 3.67. The highest BCUT2D eigenvalue weighted by Gasteiger charge is 2.35. The number of carbonyl (C=O) groups excluding carboxylic acids is 3. The fraction of sp³-hybridized carbons (Fsp3) is 0.353. The second kappa shape index (κ2) is 7.96. The number of ketones is 1. The van der Waals surface area contributed by atoms with Crippen molar-refractivity contribution in [3.05, 3.63) is 34.8 Å². The lowest BCUT2D eigenvalue weighted by atomic mass is 10.1. The van der Waals surface area contributed by atoms with Gasteiger partial charge in [-0.25, -0.2) is 9.18 Å². The molecule has 1 heterocycles. The van der Waals surface area contributed by atoms with Gasteiger partial charge in [0.05, 0.1) is 38.6 Å². The first-order valence-corrected chi connectivity index (χ1v) is 7.71. The van der Waals surface area contributed by atoms with Crippen LogP contribution in [-0.4, -0.2) is 61.6 Å². The lowest BCUT2D eigenvalue weighted by Crippen LogP contribution is -2.31. The van der Waals surface area contributed by atoms with Crippen molar-refractivity contribution < 1.29 is 33.4 Å². The maximum absolute atomic E-state index is 14.1. The van der Waals surface area contributed by atoms with Crippen molar-refractivity contribution in [2.45, 2.75) is 6.92 Å². The summed E-state index contributed by atoms with van der Waals surface area (Å²) in [7, 11) is 2.43. The van der Waals surface area contributed by atoms with E-state index in [2.05, 4.69) is 10.1 Å². The molecule has 0 saturated heterocycles. The van der Waals surface area contributed by atoms with Crippen LogP contribution < -0.4 is 10.1 Å². The number of nitrogens with one attached hydrogen (secondary N) is 1. The van der Waals surface area contributed by atoms with Crippen LogP contribution in [0.5, 0.6) is 5.75 Å². The Hall–Kier alpha value is -2.94. The standard InChI is InChI=1S/C17H19FN2O6/c1-9(22)10-6-14(25-2)12(18)7-13(10)19-15-11(17(24)26-3)8-20(4-5-21)16(15)23/h6-7,19,21H,4-5,8H2,1-3H3. The van der Waals surface area contributed by atoms with Gasteiger partial charge in [0.15, 0.2) is 17.3 Å². The Balaban J connectivity index is 2.49. The number of methoxy groups -OCH3 is 2. The molecule has 0 bridgehead atoms. The number of Topliss-reactive ketones (excluding diaryl/α,β-unsaturated/α-hetero) is 1. The molecule has 1 aromatic carbocycles. The van der Waals surface area contributed by atoms with E-state index in [1.165, 1.54) is 32.1 Å². The van der Waals surface area contributed by atoms with Gasteiger partial charge >= 0.3 is 5.97 Å². The van der Waals surface area contributed by atoms with Crippen LogP contribution in [0, 0.1) is 5.82 Å². The molecule has 1 aliphatic rings. The largest absolute Gasteiger partial charge is 0.494 e. The zero-order chi connectivity index (χ0) is 19.4. The molecule has 2 N–H and O–H groups in total. The summed E-state index contributed by atoms with van der Waals surface area (Å²) in [6.07, 6.45) is 0. The molecule has 1 aliphatic heterocycles. The molecular weight excluding hydrogens is 347 g/mol. The second-order valence-corrected chi connectivity index (χ2v) is 5.51. The third-order valence-electron chi connectivity index (χ3n) is 3.88. The predicted molar refractivity (Wildman–Crippen MR) is 89.3 cm³/mol. The van der Waals surface area contributed by atoms with Crippen LogP contribution in [0.15, 0.2) is 23.4 Å². The minimum atomic E-state index is -0.738. The summed E-state index contributed by atoms with van der Waals surface area (Å²) in [5.41, 5.74) is 0.00817. The molecule has 9 heteroatoms. The highest BCUT2D eigenvalue weighted by molar-refractivity contribution is 6.10. The molecule has 2 rings (SSSR count). The van der Waals surface area contributed by atoms with Gasteiger partial charge in [-0.3, -0.25) is 9.59 Å². The normalized spacial score (nSPS) is 13.9. The molecule has 0 atom stereocenters. The molecule has 0 aromatic heterocycles. The maximum Gasteiger partial charge on any atom is 0.337 e. The van der Waals surface area contributed by atoms with E-state index in [0.717, 1.165) is 6.07 Å². The number of hydrogen-bond donors (Lipinski definition) is 2. The molecule has 1 aromatic rings. The zero-order valence-corrected chi connectivity index (χ0v) is 14.6. The summed E-state index contributed by atoms with van der Waals surface area (Å²) in [5, 5.41) is 11.7. The van der Waals surface area contributed by atoms with Crippen molar-refractivity contribution in [1.29, 1.82) is 0 Å². The number of β-amino-alcohol motifs (C(OH)–C–C–N with tert-alkyl or cyclic N) is 1. The zero-order valence-electron chi connectivity index (χ0n) is 14.6. The molecule has 0 saturated carbocycles.